The second kappa shape index (κ2) is 8.94. The number of carbonyl (C=O) groups is 2. The molecule has 0 spiro atoms. The van der Waals surface area contributed by atoms with E-state index in [0.29, 0.717) is 13.0 Å². The van der Waals surface area contributed by atoms with Crippen LogP contribution in [0.1, 0.15) is 41.6 Å². The summed E-state index contributed by atoms with van der Waals surface area (Å²) in [5.41, 5.74) is 5.00. The predicted octanol–water partition coefficient (Wildman–Crippen LogP) is 2.80. The van der Waals surface area contributed by atoms with Crippen LogP contribution in [-0.2, 0) is 29.0 Å². The maximum atomic E-state index is 13.2. The average Bonchev–Trinajstić information content (AvgIpc) is 3.27. The molecule has 6 nitrogen and oxygen atoms in total. The zero-order valence-corrected chi connectivity index (χ0v) is 18.8. The molecule has 1 saturated heterocycles. The number of nitrogens with zero attached hydrogens (tertiary/aromatic N) is 3. The van der Waals surface area contributed by atoms with Gasteiger partial charge in [0.1, 0.15) is 5.75 Å². The van der Waals surface area contributed by atoms with Crippen molar-refractivity contribution < 1.29 is 14.3 Å². The normalized spacial score (nSPS) is 20.5. The molecule has 2 aromatic rings. The molecule has 32 heavy (non-hydrogen) atoms. The van der Waals surface area contributed by atoms with E-state index >= 15 is 0 Å². The molecule has 0 N–H and O–H groups in total. The van der Waals surface area contributed by atoms with Gasteiger partial charge in [0.25, 0.3) is 0 Å². The summed E-state index contributed by atoms with van der Waals surface area (Å²) in [6, 6.07) is 14.6. The topological polar surface area (TPSA) is 53.1 Å². The van der Waals surface area contributed by atoms with Crippen molar-refractivity contribution in [1.82, 2.24) is 14.7 Å². The van der Waals surface area contributed by atoms with Gasteiger partial charge >= 0.3 is 0 Å². The van der Waals surface area contributed by atoms with Crippen molar-refractivity contribution in [1.29, 1.82) is 0 Å². The van der Waals surface area contributed by atoms with E-state index in [1.807, 2.05) is 21.9 Å². The standard InChI is InChI=1S/C26H31N3O3/c1-19(30)29-10-8-21-4-2-3-5-23(21)24(29)17-26(31)28-13-11-27(12-14-28)18-20-6-7-25-22(16-20)9-15-32-25/h2-7,16,24H,8-15,17-18H2,1H3. The third-order valence-electron chi connectivity index (χ3n) is 7.07. The molecule has 0 aliphatic carbocycles. The van der Waals surface area contributed by atoms with Crippen LogP contribution in [0.2, 0.25) is 0 Å². The van der Waals surface area contributed by atoms with Gasteiger partial charge in [-0.2, -0.15) is 0 Å². The van der Waals surface area contributed by atoms with Crippen molar-refractivity contribution in [3.63, 3.8) is 0 Å². The fourth-order valence-electron chi connectivity index (χ4n) is 5.29. The largest absolute Gasteiger partial charge is 0.493 e. The van der Waals surface area contributed by atoms with Crippen molar-refractivity contribution in [2.24, 2.45) is 0 Å². The molecule has 3 heterocycles. The Bertz CT molecular complexity index is 1010. The second-order valence-electron chi connectivity index (χ2n) is 9.08. The van der Waals surface area contributed by atoms with Crippen LogP contribution in [0.3, 0.4) is 0 Å². The molecular weight excluding hydrogens is 402 g/mol. The fourth-order valence-corrected chi connectivity index (χ4v) is 5.29. The van der Waals surface area contributed by atoms with Gasteiger partial charge in [-0.25, -0.2) is 0 Å². The Balaban J connectivity index is 1.19. The lowest BCUT2D eigenvalue weighted by Crippen LogP contribution is -2.49. The van der Waals surface area contributed by atoms with Crippen molar-refractivity contribution in [3.05, 3.63) is 64.7 Å². The van der Waals surface area contributed by atoms with Crippen molar-refractivity contribution >= 4 is 11.8 Å². The van der Waals surface area contributed by atoms with E-state index in [9.17, 15) is 9.59 Å². The minimum absolute atomic E-state index is 0.0434. The van der Waals surface area contributed by atoms with Crippen LogP contribution in [0.25, 0.3) is 0 Å². The molecule has 0 bridgehead atoms. The van der Waals surface area contributed by atoms with Gasteiger partial charge in [0.15, 0.2) is 0 Å². The van der Waals surface area contributed by atoms with Crippen LogP contribution >= 0.6 is 0 Å². The zero-order chi connectivity index (χ0) is 22.1. The Morgan fingerprint density at radius 3 is 2.59 bits per heavy atom. The highest BCUT2D eigenvalue weighted by Crippen LogP contribution is 2.33. The van der Waals surface area contributed by atoms with Gasteiger partial charge in [0, 0.05) is 52.6 Å². The van der Waals surface area contributed by atoms with Crippen LogP contribution in [0.4, 0.5) is 0 Å². The molecule has 0 aromatic heterocycles. The van der Waals surface area contributed by atoms with Gasteiger partial charge in [0.2, 0.25) is 11.8 Å². The van der Waals surface area contributed by atoms with E-state index in [2.05, 4.69) is 35.2 Å². The summed E-state index contributed by atoms with van der Waals surface area (Å²) in [5.74, 6) is 1.21. The molecule has 1 atom stereocenters. The number of rotatable bonds is 4. The monoisotopic (exact) mass is 433 g/mol. The third-order valence-corrected chi connectivity index (χ3v) is 7.07. The summed E-state index contributed by atoms with van der Waals surface area (Å²) in [7, 11) is 0. The predicted molar refractivity (Wildman–Crippen MR) is 122 cm³/mol. The molecule has 0 radical (unpaired) electrons. The minimum atomic E-state index is -0.156. The van der Waals surface area contributed by atoms with Gasteiger partial charge in [-0.05, 0) is 34.7 Å². The second-order valence-corrected chi connectivity index (χ2v) is 9.08. The Kier molecular flexibility index (Phi) is 5.87. The number of hydrogen-bond acceptors (Lipinski definition) is 4. The van der Waals surface area contributed by atoms with Crippen LogP contribution in [0, 0.1) is 0 Å². The van der Waals surface area contributed by atoms with E-state index in [1.54, 1.807) is 6.92 Å². The van der Waals surface area contributed by atoms with Crippen molar-refractivity contribution in [3.8, 4) is 5.75 Å². The van der Waals surface area contributed by atoms with Crippen LogP contribution in [-0.4, -0.2) is 65.8 Å². The van der Waals surface area contributed by atoms with E-state index in [0.717, 1.165) is 63.5 Å². The quantitative estimate of drug-likeness (QED) is 0.744. The summed E-state index contributed by atoms with van der Waals surface area (Å²) in [6.45, 7) is 7.20. The van der Waals surface area contributed by atoms with E-state index in [-0.39, 0.29) is 17.9 Å². The summed E-state index contributed by atoms with van der Waals surface area (Å²) in [6.07, 6.45) is 2.21. The van der Waals surface area contributed by atoms with Crippen molar-refractivity contribution in [2.75, 3.05) is 39.3 Å². The molecular formula is C26H31N3O3. The molecule has 2 amide bonds. The number of fused-ring (bicyclic) bond motifs is 2. The molecule has 168 valence electrons. The first kappa shape index (κ1) is 21.0. The Labute approximate surface area is 189 Å². The van der Waals surface area contributed by atoms with Gasteiger partial charge in [-0.3, -0.25) is 14.5 Å². The Morgan fingerprint density at radius 2 is 1.78 bits per heavy atom. The molecule has 1 unspecified atom stereocenters. The van der Waals surface area contributed by atoms with Gasteiger partial charge in [-0.1, -0.05) is 36.4 Å². The van der Waals surface area contributed by atoms with Gasteiger partial charge in [-0.15, -0.1) is 0 Å². The smallest absolute Gasteiger partial charge is 0.225 e. The molecule has 3 aliphatic heterocycles. The van der Waals surface area contributed by atoms with E-state index in [4.69, 9.17) is 4.74 Å². The molecule has 1 fully saturated rings. The lowest BCUT2D eigenvalue weighted by Gasteiger charge is -2.39. The maximum Gasteiger partial charge on any atom is 0.225 e. The summed E-state index contributed by atoms with van der Waals surface area (Å²) in [5, 5.41) is 0. The summed E-state index contributed by atoms with van der Waals surface area (Å²) >= 11 is 0. The average molecular weight is 434 g/mol. The molecule has 6 heteroatoms. The fraction of sp³-hybridized carbons (Fsp3) is 0.462. The Morgan fingerprint density at radius 1 is 0.969 bits per heavy atom. The highest BCUT2D eigenvalue weighted by atomic mass is 16.5. The maximum absolute atomic E-state index is 13.2. The lowest BCUT2D eigenvalue weighted by molar-refractivity contribution is -0.137. The van der Waals surface area contributed by atoms with Crippen LogP contribution in [0.15, 0.2) is 42.5 Å². The summed E-state index contributed by atoms with van der Waals surface area (Å²) < 4.78 is 5.61. The number of amides is 2. The molecule has 2 aromatic carbocycles. The van der Waals surface area contributed by atoms with E-state index in [1.165, 1.54) is 16.7 Å². The highest BCUT2D eigenvalue weighted by Gasteiger charge is 2.32. The lowest BCUT2D eigenvalue weighted by atomic mass is 9.90. The number of piperazine rings is 1. The molecule has 0 saturated carbocycles. The first-order valence-corrected chi connectivity index (χ1v) is 11.7. The van der Waals surface area contributed by atoms with Crippen LogP contribution in [0.5, 0.6) is 5.75 Å². The Hall–Kier alpha value is -2.86. The number of ether oxygens (including phenoxy) is 1. The first-order valence-electron chi connectivity index (χ1n) is 11.7. The van der Waals surface area contributed by atoms with E-state index < -0.39 is 0 Å². The highest BCUT2D eigenvalue weighted by molar-refractivity contribution is 5.80. The zero-order valence-electron chi connectivity index (χ0n) is 18.8. The number of carbonyl (C=O) groups excluding carboxylic acids is 2. The minimum Gasteiger partial charge on any atom is -0.493 e. The number of hydrogen-bond donors (Lipinski definition) is 0. The first-order chi connectivity index (χ1) is 15.6. The third kappa shape index (κ3) is 4.24. The summed E-state index contributed by atoms with van der Waals surface area (Å²) in [4.78, 5) is 31.7. The van der Waals surface area contributed by atoms with Crippen LogP contribution < -0.4 is 4.74 Å². The van der Waals surface area contributed by atoms with Gasteiger partial charge in [0.05, 0.1) is 19.1 Å². The molecule has 3 aliphatic rings. The number of benzene rings is 2. The molecule has 5 rings (SSSR count). The SMILES string of the molecule is CC(=O)N1CCc2ccccc2C1CC(=O)N1CCN(Cc2ccc3c(c2)CCO3)CC1. The van der Waals surface area contributed by atoms with Crippen molar-refractivity contribution in [2.45, 2.75) is 38.8 Å². The van der Waals surface area contributed by atoms with Gasteiger partial charge < -0.3 is 14.5 Å².